The maximum atomic E-state index is 13.4. The average molecular weight is 809 g/mol. The van der Waals surface area contributed by atoms with Crippen molar-refractivity contribution in [2.75, 3.05) is 23.2 Å². The van der Waals surface area contributed by atoms with E-state index in [1.165, 1.54) is 12.1 Å². The van der Waals surface area contributed by atoms with Crippen LogP contribution in [0.3, 0.4) is 0 Å². The Kier molecular flexibility index (Phi) is 14.7. The number of amides is 3. The molecule has 0 bridgehead atoms. The molecular formula is C43H64N4O7SSi. The van der Waals surface area contributed by atoms with Crippen LogP contribution in [0.15, 0.2) is 83.8 Å². The van der Waals surface area contributed by atoms with Crippen LogP contribution < -0.4 is 20.1 Å². The molecule has 56 heavy (non-hydrogen) atoms. The number of rotatable bonds is 17. The number of carbonyl (C=O) groups is 2. The Morgan fingerprint density at radius 3 is 2.11 bits per heavy atom. The lowest BCUT2D eigenvalue weighted by atomic mass is 9.68. The lowest BCUT2D eigenvalue weighted by molar-refractivity contribution is -0.0822. The summed E-state index contributed by atoms with van der Waals surface area (Å²) in [6.45, 7) is 20.1. The summed E-state index contributed by atoms with van der Waals surface area (Å²) >= 11 is 0. The second-order valence-corrected chi connectivity index (χ2v) is 23.9. The molecule has 3 atom stereocenters. The zero-order chi connectivity index (χ0) is 41.4. The lowest BCUT2D eigenvalue weighted by Gasteiger charge is -2.54. The highest BCUT2D eigenvalue weighted by Crippen LogP contribution is 2.52. The molecule has 1 aliphatic heterocycles. The number of nitrogens with zero attached hydrogens (tertiary/aromatic N) is 1. The topological polar surface area (TPSA) is 146 Å². The standard InChI is InChI=1S/C43H64N4O7SSi/c1-10-11-12-16-29-44-39(48)45-33-23-25-37(26-24-33)55(51,52)46-34-21-19-32(20-22-34)30-35-27-28-43(41(2,3)4,47(35)40(49)50)38(54-56(8,9)42(5,6)7)31-53-36-17-14-13-15-18-36/h13-15,17-26,35,38,46H,10-12,16,27-31H2,1-9H3,(H,49,50)(H2,44,45,48)/t35-,38+,43-/m0/s1. The van der Waals surface area contributed by atoms with Gasteiger partial charge in [-0.25, -0.2) is 18.0 Å². The molecule has 11 nitrogen and oxygen atoms in total. The number of benzene rings is 3. The van der Waals surface area contributed by atoms with Crippen molar-refractivity contribution in [3.8, 4) is 5.75 Å². The third kappa shape index (κ3) is 11.1. The van der Waals surface area contributed by atoms with Crippen molar-refractivity contribution in [1.29, 1.82) is 0 Å². The van der Waals surface area contributed by atoms with Gasteiger partial charge in [0.05, 0.1) is 10.4 Å². The number of nitrogens with one attached hydrogen (secondary N) is 3. The van der Waals surface area contributed by atoms with E-state index in [2.05, 4.69) is 76.9 Å². The molecule has 1 heterocycles. The maximum absolute atomic E-state index is 13.4. The van der Waals surface area contributed by atoms with E-state index < -0.39 is 41.5 Å². The molecule has 1 saturated heterocycles. The van der Waals surface area contributed by atoms with Gasteiger partial charge in [-0.05, 0) is 103 Å². The number of carbonyl (C=O) groups excluding carboxylic acids is 1. The summed E-state index contributed by atoms with van der Waals surface area (Å²) in [6, 6.07) is 22.0. The number of urea groups is 1. The minimum absolute atomic E-state index is 0.0550. The second-order valence-electron chi connectivity index (χ2n) is 17.5. The molecule has 0 spiro atoms. The summed E-state index contributed by atoms with van der Waals surface area (Å²) in [7, 11) is -6.32. The van der Waals surface area contributed by atoms with Gasteiger partial charge in [0, 0.05) is 24.0 Å². The molecule has 0 unspecified atom stereocenters. The van der Waals surface area contributed by atoms with Gasteiger partial charge in [0.2, 0.25) is 0 Å². The summed E-state index contributed by atoms with van der Waals surface area (Å²) in [4.78, 5) is 27.4. The largest absolute Gasteiger partial charge is 0.491 e. The van der Waals surface area contributed by atoms with Gasteiger partial charge < -0.3 is 24.9 Å². The number of unbranched alkanes of at least 4 members (excludes halogenated alkanes) is 3. The van der Waals surface area contributed by atoms with Crippen LogP contribution in [0.2, 0.25) is 18.1 Å². The summed E-state index contributed by atoms with van der Waals surface area (Å²) in [6.07, 6.45) is 4.35. The Balaban J connectivity index is 1.50. The molecule has 13 heteroatoms. The molecule has 4 N–H and O–H groups in total. The zero-order valence-electron chi connectivity index (χ0n) is 34.8. The van der Waals surface area contributed by atoms with Crippen LogP contribution in [0.4, 0.5) is 21.0 Å². The van der Waals surface area contributed by atoms with E-state index in [9.17, 15) is 23.1 Å². The van der Waals surface area contributed by atoms with Crippen LogP contribution in [0.5, 0.6) is 5.75 Å². The molecule has 3 aromatic carbocycles. The molecular weight excluding hydrogens is 745 g/mol. The lowest BCUT2D eigenvalue weighted by Crippen LogP contribution is -2.68. The van der Waals surface area contributed by atoms with Crippen LogP contribution in [0, 0.1) is 5.41 Å². The maximum Gasteiger partial charge on any atom is 0.408 e. The van der Waals surface area contributed by atoms with E-state index in [0.717, 1.165) is 31.2 Å². The molecule has 0 aromatic heterocycles. The van der Waals surface area contributed by atoms with Crippen molar-refractivity contribution >= 4 is 41.8 Å². The fourth-order valence-electron chi connectivity index (χ4n) is 7.35. The number of anilines is 2. The average Bonchev–Trinajstić information content (AvgIpc) is 3.51. The van der Waals surface area contributed by atoms with Crippen molar-refractivity contribution in [2.45, 2.75) is 134 Å². The minimum Gasteiger partial charge on any atom is -0.491 e. The first kappa shape index (κ1) is 44.6. The van der Waals surface area contributed by atoms with Gasteiger partial charge in [-0.1, -0.05) is 98.1 Å². The highest BCUT2D eigenvalue weighted by molar-refractivity contribution is 7.92. The number of ether oxygens (including phenoxy) is 1. The van der Waals surface area contributed by atoms with E-state index in [4.69, 9.17) is 9.16 Å². The highest BCUT2D eigenvalue weighted by atomic mass is 32.2. The Morgan fingerprint density at radius 1 is 0.911 bits per heavy atom. The Morgan fingerprint density at radius 2 is 1.54 bits per heavy atom. The van der Waals surface area contributed by atoms with E-state index in [1.807, 2.05) is 42.5 Å². The monoisotopic (exact) mass is 808 g/mol. The SMILES string of the molecule is CCCCCCNC(=O)Nc1ccc(S(=O)(=O)Nc2ccc(C[C@@H]3CC[C@]([C@@H](COc4ccccc4)O[Si](C)(C)C(C)(C)C)(C(C)(C)C)N3C(=O)O)cc2)cc1. The van der Waals surface area contributed by atoms with E-state index in [1.54, 1.807) is 29.2 Å². The molecule has 0 radical (unpaired) electrons. The zero-order valence-corrected chi connectivity index (χ0v) is 36.6. The van der Waals surface area contributed by atoms with Crippen molar-refractivity contribution < 1.29 is 32.3 Å². The molecule has 308 valence electrons. The third-order valence-electron chi connectivity index (χ3n) is 11.5. The molecule has 4 rings (SSSR count). The van der Waals surface area contributed by atoms with Gasteiger partial charge in [-0.3, -0.25) is 9.62 Å². The molecule has 1 aliphatic rings. The first-order valence-electron chi connectivity index (χ1n) is 19.8. The van der Waals surface area contributed by atoms with Gasteiger partial charge in [-0.15, -0.1) is 0 Å². The first-order chi connectivity index (χ1) is 26.2. The normalized spacial score (nSPS) is 18.3. The quantitative estimate of drug-likeness (QED) is 0.0784. The van der Waals surface area contributed by atoms with Gasteiger partial charge in [0.15, 0.2) is 8.32 Å². The van der Waals surface area contributed by atoms with Gasteiger partial charge >= 0.3 is 12.1 Å². The van der Waals surface area contributed by atoms with E-state index in [-0.39, 0.29) is 28.6 Å². The van der Waals surface area contributed by atoms with Gasteiger partial charge in [0.1, 0.15) is 18.5 Å². The molecule has 0 saturated carbocycles. The molecule has 3 aromatic rings. The van der Waals surface area contributed by atoms with Crippen LogP contribution in [-0.2, 0) is 20.9 Å². The highest BCUT2D eigenvalue weighted by Gasteiger charge is 2.61. The van der Waals surface area contributed by atoms with Crippen LogP contribution in [0.1, 0.15) is 92.6 Å². The Hall–Kier alpha value is -4.07. The van der Waals surface area contributed by atoms with Crippen LogP contribution in [0.25, 0.3) is 0 Å². The number of hydrogen-bond acceptors (Lipinski definition) is 6. The van der Waals surface area contributed by atoms with E-state index >= 15 is 0 Å². The smallest absolute Gasteiger partial charge is 0.408 e. The summed E-state index contributed by atoms with van der Waals surface area (Å²) in [5.74, 6) is 0.703. The third-order valence-corrected chi connectivity index (χ3v) is 17.4. The number of para-hydroxylation sites is 1. The van der Waals surface area contributed by atoms with Gasteiger partial charge in [0.25, 0.3) is 10.0 Å². The predicted octanol–water partition coefficient (Wildman–Crippen LogP) is 10.1. The van der Waals surface area contributed by atoms with Crippen LogP contribution >= 0.6 is 0 Å². The second kappa shape index (κ2) is 18.5. The van der Waals surface area contributed by atoms with Crippen molar-refractivity contribution in [3.63, 3.8) is 0 Å². The fraction of sp³-hybridized carbons (Fsp3) is 0.535. The molecule has 3 amide bonds. The number of hydrogen-bond donors (Lipinski definition) is 4. The predicted molar refractivity (Wildman–Crippen MR) is 228 cm³/mol. The number of likely N-dealkylation sites (tertiary alicyclic amines) is 1. The van der Waals surface area contributed by atoms with Crippen LogP contribution in [-0.4, -0.2) is 69.7 Å². The minimum atomic E-state index is -3.92. The van der Waals surface area contributed by atoms with Crippen molar-refractivity contribution in [1.82, 2.24) is 10.2 Å². The fourth-order valence-corrected chi connectivity index (χ4v) is 9.74. The summed E-state index contributed by atoms with van der Waals surface area (Å²) in [5, 5.41) is 16.4. The number of sulfonamides is 1. The Labute approximate surface area is 336 Å². The van der Waals surface area contributed by atoms with Crippen molar-refractivity contribution in [3.05, 3.63) is 84.4 Å². The molecule has 0 aliphatic carbocycles. The number of carboxylic acid groups (broad SMARTS) is 1. The van der Waals surface area contributed by atoms with E-state index in [0.29, 0.717) is 42.9 Å². The van der Waals surface area contributed by atoms with Gasteiger partial charge in [-0.2, -0.15) is 0 Å². The Bertz CT molecular complexity index is 1840. The van der Waals surface area contributed by atoms with Crippen molar-refractivity contribution in [2.24, 2.45) is 5.41 Å². The summed E-state index contributed by atoms with van der Waals surface area (Å²) < 4.78 is 42.7. The molecule has 1 fully saturated rings. The summed E-state index contributed by atoms with van der Waals surface area (Å²) in [5.41, 5.74) is 0.343. The first-order valence-corrected chi connectivity index (χ1v) is 24.2.